The molecule has 1 atom stereocenters. The van der Waals surface area contributed by atoms with Gasteiger partial charge in [-0.1, -0.05) is 6.92 Å². The maximum absolute atomic E-state index is 12.1. The molecule has 1 aromatic heterocycles. The SMILES string of the molecule is CC1CCCN(C(=O)c2ccc(=O)[nH]c2)C1. The van der Waals surface area contributed by atoms with E-state index in [1.807, 2.05) is 4.90 Å². The Hall–Kier alpha value is -1.58. The zero-order chi connectivity index (χ0) is 11.5. The summed E-state index contributed by atoms with van der Waals surface area (Å²) >= 11 is 0. The topological polar surface area (TPSA) is 53.2 Å². The van der Waals surface area contributed by atoms with Crippen molar-refractivity contribution in [3.05, 3.63) is 34.2 Å². The molecule has 1 aromatic rings. The summed E-state index contributed by atoms with van der Waals surface area (Å²) in [4.78, 5) is 27.3. The highest BCUT2D eigenvalue weighted by atomic mass is 16.2. The predicted octanol–water partition coefficient (Wildman–Crippen LogP) is 1.25. The minimum atomic E-state index is -0.177. The molecule has 1 aliphatic rings. The quantitative estimate of drug-likeness (QED) is 0.774. The van der Waals surface area contributed by atoms with Crippen molar-refractivity contribution in [2.45, 2.75) is 19.8 Å². The minimum absolute atomic E-state index is 0.0165. The number of likely N-dealkylation sites (tertiary alicyclic amines) is 1. The third-order valence-electron chi connectivity index (χ3n) is 2.98. The van der Waals surface area contributed by atoms with Crippen molar-refractivity contribution >= 4 is 5.91 Å². The van der Waals surface area contributed by atoms with Gasteiger partial charge in [0, 0.05) is 25.4 Å². The average Bonchev–Trinajstić information content (AvgIpc) is 2.29. The van der Waals surface area contributed by atoms with Crippen LogP contribution in [0.2, 0.25) is 0 Å². The van der Waals surface area contributed by atoms with Gasteiger partial charge in [-0.05, 0) is 24.8 Å². The number of amides is 1. The second-order valence-electron chi connectivity index (χ2n) is 4.44. The fourth-order valence-electron chi connectivity index (χ4n) is 2.10. The number of aromatic amines is 1. The van der Waals surface area contributed by atoms with Crippen LogP contribution in [0.5, 0.6) is 0 Å². The van der Waals surface area contributed by atoms with Gasteiger partial charge in [-0.2, -0.15) is 0 Å². The Morgan fingerprint density at radius 1 is 1.50 bits per heavy atom. The normalized spacial score (nSPS) is 20.8. The summed E-state index contributed by atoms with van der Waals surface area (Å²) in [6.45, 7) is 3.80. The standard InChI is InChI=1S/C12H16N2O2/c1-9-3-2-6-14(8-9)12(16)10-4-5-11(15)13-7-10/h4-5,7,9H,2-3,6,8H2,1H3,(H,13,15). The molecule has 2 rings (SSSR count). The summed E-state index contributed by atoms with van der Waals surface area (Å²) in [5.74, 6) is 0.586. The van der Waals surface area contributed by atoms with Gasteiger partial charge in [-0.3, -0.25) is 9.59 Å². The van der Waals surface area contributed by atoms with Crippen LogP contribution in [0.4, 0.5) is 0 Å². The summed E-state index contributed by atoms with van der Waals surface area (Å²) in [6, 6.07) is 2.97. The van der Waals surface area contributed by atoms with Crippen molar-refractivity contribution in [3.8, 4) is 0 Å². The van der Waals surface area contributed by atoms with Gasteiger partial charge in [-0.25, -0.2) is 0 Å². The van der Waals surface area contributed by atoms with E-state index in [1.165, 1.54) is 18.7 Å². The van der Waals surface area contributed by atoms with Gasteiger partial charge < -0.3 is 9.88 Å². The van der Waals surface area contributed by atoms with Crippen LogP contribution in [0.1, 0.15) is 30.1 Å². The van der Waals surface area contributed by atoms with Gasteiger partial charge in [0.25, 0.3) is 5.91 Å². The molecule has 4 nitrogen and oxygen atoms in total. The van der Waals surface area contributed by atoms with Gasteiger partial charge in [0.1, 0.15) is 0 Å². The lowest BCUT2D eigenvalue weighted by Gasteiger charge is -2.30. The second kappa shape index (κ2) is 4.51. The number of piperidine rings is 1. The van der Waals surface area contributed by atoms with Crippen molar-refractivity contribution in [3.63, 3.8) is 0 Å². The number of carbonyl (C=O) groups is 1. The molecular weight excluding hydrogens is 204 g/mol. The van der Waals surface area contributed by atoms with E-state index in [4.69, 9.17) is 0 Å². The van der Waals surface area contributed by atoms with Crippen molar-refractivity contribution in [1.82, 2.24) is 9.88 Å². The molecule has 4 heteroatoms. The summed E-state index contributed by atoms with van der Waals surface area (Å²) in [7, 11) is 0. The van der Waals surface area contributed by atoms with Crippen molar-refractivity contribution in [2.75, 3.05) is 13.1 Å². The Balaban J connectivity index is 2.12. The van der Waals surface area contributed by atoms with E-state index in [1.54, 1.807) is 6.07 Å². The van der Waals surface area contributed by atoms with Gasteiger partial charge in [0.2, 0.25) is 5.56 Å². The summed E-state index contributed by atoms with van der Waals surface area (Å²) in [5.41, 5.74) is 0.386. The number of aromatic nitrogens is 1. The van der Waals surface area contributed by atoms with E-state index in [0.717, 1.165) is 19.5 Å². The van der Waals surface area contributed by atoms with E-state index in [2.05, 4.69) is 11.9 Å². The molecule has 1 unspecified atom stereocenters. The third kappa shape index (κ3) is 2.32. The lowest BCUT2D eigenvalue weighted by atomic mass is 10.00. The number of rotatable bonds is 1. The van der Waals surface area contributed by atoms with E-state index >= 15 is 0 Å². The van der Waals surface area contributed by atoms with E-state index < -0.39 is 0 Å². The van der Waals surface area contributed by atoms with Gasteiger partial charge in [-0.15, -0.1) is 0 Å². The van der Waals surface area contributed by atoms with Gasteiger partial charge in [0.15, 0.2) is 0 Å². The fraction of sp³-hybridized carbons (Fsp3) is 0.500. The Kier molecular flexibility index (Phi) is 3.08. The number of H-pyrrole nitrogens is 1. The first-order chi connectivity index (χ1) is 7.66. The Morgan fingerprint density at radius 3 is 2.94 bits per heavy atom. The zero-order valence-corrected chi connectivity index (χ0v) is 9.40. The molecule has 0 saturated carbocycles. The number of nitrogens with one attached hydrogen (secondary N) is 1. The van der Waals surface area contributed by atoms with Crippen molar-refractivity contribution < 1.29 is 4.79 Å². The Bertz CT molecular complexity index is 418. The van der Waals surface area contributed by atoms with Gasteiger partial charge in [0.05, 0.1) is 5.56 Å². The smallest absolute Gasteiger partial charge is 0.255 e. The van der Waals surface area contributed by atoms with Crippen molar-refractivity contribution in [2.24, 2.45) is 5.92 Å². The number of pyridine rings is 1. The molecule has 0 spiro atoms. The summed E-state index contributed by atoms with van der Waals surface area (Å²) in [5, 5.41) is 0. The fourth-order valence-corrected chi connectivity index (χ4v) is 2.10. The molecule has 0 aliphatic carbocycles. The molecule has 1 amide bonds. The van der Waals surface area contributed by atoms with Crippen LogP contribution in [0.25, 0.3) is 0 Å². The average molecular weight is 220 g/mol. The maximum Gasteiger partial charge on any atom is 0.255 e. The van der Waals surface area contributed by atoms with Gasteiger partial charge >= 0.3 is 0 Å². The highest BCUT2D eigenvalue weighted by molar-refractivity contribution is 5.93. The summed E-state index contributed by atoms with van der Waals surface area (Å²) < 4.78 is 0. The molecule has 86 valence electrons. The molecule has 0 radical (unpaired) electrons. The molecule has 1 N–H and O–H groups in total. The second-order valence-corrected chi connectivity index (χ2v) is 4.44. The third-order valence-corrected chi connectivity index (χ3v) is 2.98. The molecule has 1 saturated heterocycles. The highest BCUT2D eigenvalue weighted by Crippen LogP contribution is 2.17. The van der Waals surface area contributed by atoms with Crippen molar-refractivity contribution in [1.29, 1.82) is 0 Å². The van der Waals surface area contributed by atoms with Crippen LogP contribution in [-0.4, -0.2) is 28.9 Å². The van der Waals surface area contributed by atoms with Crippen LogP contribution < -0.4 is 5.56 Å². The number of hydrogen-bond acceptors (Lipinski definition) is 2. The summed E-state index contributed by atoms with van der Waals surface area (Å²) in [6.07, 6.45) is 3.75. The lowest BCUT2D eigenvalue weighted by molar-refractivity contribution is 0.0682. The first kappa shape index (κ1) is 10.9. The molecule has 0 bridgehead atoms. The van der Waals surface area contributed by atoms with Crippen LogP contribution in [-0.2, 0) is 0 Å². The van der Waals surface area contributed by atoms with E-state index in [9.17, 15) is 9.59 Å². The Labute approximate surface area is 94.3 Å². The molecule has 1 aliphatic heterocycles. The minimum Gasteiger partial charge on any atom is -0.338 e. The van der Waals surface area contributed by atoms with Crippen LogP contribution in [0.15, 0.2) is 23.1 Å². The van der Waals surface area contributed by atoms with E-state index in [-0.39, 0.29) is 11.5 Å². The molecular formula is C12H16N2O2. The monoisotopic (exact) mass is 220 g/mol. The predicted molar refractivity (Wildman–Crippen MR) is 61.4 cm³/mol. The largest absolute Gasteiger partial charge is 0.338 e. The molecule has 16 heavy (non-hydrogen) atoms. The van der Waals surface area contributed by atoms with E-state index in [0.29, 0.717) is 11.5 Å². The molecule has 2 heterocycles. The first-order valence-electron chi connectivity index (χ1n) is 5.65. The number of hydrogen-bond donors (Lipinski definition) is 1. The molecule has 1 fully saturated rings. The van der Waals surface area contributed by atoms with Crippen LogP contribution in [0.3, 0.4) is 0 Å². The Morgan fingerprint density at radius 2 is 2.31 bits per heavy atom. The molecule has 0 aromatic carbocycles. The van der Waals surface area contributed by atoms with Crippen LogP contribution >= 0.6 is 0 Å². The van der Waals surface area contributed by atoms with Crippen LogP contribution in [0, 0.1) is 5.92 Å². The highest BCUT2D eigenvalue weighted by Gasteiger charge is 2.21. The lowest BCUT2D eigenvalue weighted by Crippen LogP contribution is -2.39. The zero-order valence-electron chi connectivity index (χ0n) is 9.40. The number of nitrogens with zero attached hydrogens (tertiary/aromatic N) is 1. The number of carbonyl (C=O) groups excluding carboxylic acids is 1. The maximum atomic E-state index is 12.1. The first-order valence-corrected chi connectivity index (χ1v) is 5.65.